The van der Waals surface area contributed by atoms with Gasteiger partial charge >= 0.3 is 0 Å². The molecule has 0 spiro atoms. The molecular weight excluding hydrogens is 143 g/mol. The van der Waals surface area contributed by atoms with Crippen LogP contribution in [0.15, 0.2) is 24.5 Å². The average Bonchev–Trinajstić information content (AvgIpc) is 2.45. The first-order chi connectivity index (χ1) is 5.29. The van der Waals surface area contributed by atoms with Crippen molar-refractivity contribution in [2.45, 2.75) is 6.92 Å². The highest BCUT2D eigenvalue weighted by Gasteiger charge is 2.01. The Morgan fingerprint density at radius 3 is 3.09 bits per heavy atom. The van der Waals surface area contributed by atoms with Gasteiger partial charge in [0.25, 0.3) is 0 Å². The van der Waals surface area contributed by atoms with Crippen molar-refractivity contribution < 1.29 is 4.39 Å². The maximum Gasteiger partial charge on any atom is 0.129 e. The van der Waals surface area contributed by atoms with E-state index in [4.69, 9.17) is 0 Å². The van der Waals surface area contributed by atoms with E-state index in [2.05, 4.69) is 5.10 Å². The summed E-state index contributed by atoms with van der Waals surface area (Å²) in [6, 6.07) is 3.20. The number of pyridine rings is 1. The van der Waals surface area contributed by atoms with E-state index in [-0.39, 0.29) is 5.82 Å². The highest BCUT2D eigenvalue weighted by molar-refractivity contribution is 5.53. The number of aryl methyl sites for hydroxylation is 1. The lowest BCUT2D eigenvalue weighted by Gasteiger charge is -1.97. The summed E-state index contributed by atoms with van der Waals surface area (Å²) in [6.45, 7) is 1.74. The molecule has 0 aromatic carbocycles. The number of rotatable bonds is 0. The molecule has 0 aliphatic heterocycles. The Kier molecular flexibility index (Phi) is 1.18. The number of aromatic nitrogens is 2. The number of fused-ring (bicyclic) bond motifs is 1. The van der Waals surface area contributed by atoms with Gasteiger partial charge in [-0.1, -0.05) is 0 Å². The highest BCUT2D eigenvalue weighted by Crippen LogP contribution is 2.11. The molecule has 0 saturated carbocycles. The maximum absolute atomic E-state index is 12.9. The van der Waals surface area contributed by atoms with E-state index >= 15 is 0 Å². The first-order valence-corrected chi connectivity index (χ1v) is 3.37. The zero-order valence-electron chi connectivity index (χ0n) is 6.08. The molecule has 2 heterocycles. The summed E-state index contributed by atoms with van der Waals surface area (Å²) in [4.78, 5) is 0. The standard InChI is InChI=1S/C8H7FN2/c1-6-7(9)3-5-11-8(6)2-4-10-11/h2-5H,1H3. The Balaban J connectivity index is 2.93. The van der Waals surface area contributed by atoms with Gasteiger partial charge in [-0.25, -0.2) is 8.91 Å². The van der Waals surface area contributed by atoms with Crippen LogP contribution in [0.4, 0.5) is 4.39 Å². The largest absolute Gasteiger partial charge is 0.241 e. The predicted molar refractivity (Wildman–Crippen MR) is 39.9 cm³/mol. The van der Waals surface area contributed by atoms with E-state index in [0.717, 1.165) is 5.52 Å². The smallest absolute Gasteiger partial charge is 0.129 e. The number of hydrogen-bond acceptors (Lipinski definition) is 1. The van der Waals surface area contributed by atoms with Gasteiger partial charge < -0.3 is 0 Å². The molecule has 0 aliphatic carbocycles. The molecule has 0 N–H and O–H groups in total. The van der Waals surface area contributed by atoms with Crippen LogP contribution in [0.2, 0.25) is 0 Å². The van der Waals surface area contributed by atoms with E-state index in [0.29, 0.717) is 5.56 Å². The molecule has 2 nitrogen and oxygen atoms in total. The monoisotopic (exact) mass is 150 g/mol. The van der Waals surface area contributed by atoms with Crippen molar-refractivity contribution in [2.75, 3.05) is 0 Å². The van der Waals surface area contributed by atoms with E-state index < -0.39 is 0 Å². The Bertz CT molecular complexity index is 392. The SMILES string of the molecule is Cc1c(F)ccn2nccc12. The van der Waals surface area contributed by atoms with Crippen molar-refractivity contribution in [1.29, 1.82) is 0 Å². The number of nitrogens with zero attached hydrogens (tertiary/aromatic N) is 2. The third kappa shape index (κ3) is 0.808. The van der Waals surface area contributed by atoms with Gasteiger partial charge in [-0.3, -0.25) is 0 Å². The predicted octanol–water partition coefficient (Wildman–Crippen LogP) is 1.78. The summed E-state index contributed by atoms with van der Waals surface area (Å²) in [6.07, 6.45) is 3.26. The van der Waals surface area contributed by atoms with Crippen LogP contribution < -0.4 is 0 Å². The molecule has 0 amide bonds. The third-order valence-electron chi connectivity index (χ3n) is 1.77. The minimum atomic E-state index is -0.182. The van der Waals surface area contributed by atoms with E-state index in [1.807, 2.05) is 0 Å². The van der Waals surface area contributed by atoms with E-state index in [9.17, 15) is 4.39 Å². The number of halogens is 1. The van der Waals surface area contributed by atoms with Crippen LogP contribution in [0.25, 0.3) is 5.52 Å². The van der Waals surface area contributed by atoms with Crippen molar-refractivity contribution in [3.63, 3.8) is 0 Å². The van der Waals surface area contributed by atoms with Crippen LogP contribution in [-0.2, 0) is 0 Å². The molecule has 0 aliphatic rings. The summed E-state index contributed by atoms with van der Waals surface area (Å²) in [5.41, 5.74) is 1.47. The van der Waals surface area contributed by atoms with Crippen LogP contribution >= 0.6 is 0 Å². The molecule has 2 rings (SSSR count). The molecule has 0 bridgehead atoms. The van der Waals surface area contributed by atoms with Gasteiger partial charge in [0.1, 0.15) is 5.82 Å². The van der Waals surface area contributed by atoms with Gasteiger partial charge in [-0.15, -0.1) is 0 Å². The first kappa shape index (κ1) is 6.34. The molecule has 0 unspecified atom stereocenters. The van der Waals surface area contributed by atoms with Gasteiger partial charge in [0.05, 0.1) is 5.52 Å². The summed E-state index contributed by atoms with van der Waals surface area (Å²) in [5.74, 6) is -0.182. The summed E-state index contributed by atoms with van der Waals surface area (Å²) < 4.78 is 14.5. The fourth-order valence-corrected chi connectivity index (χ4v) is 1.11. The number of hydrogen-bond donors (Lipinski definition) is 0. The second-order valence-electron chi connectivity index (χ2n) is 2.45. The topological polar surface area (TPSA) is 17.3 Å². The summed E-state index contributed by atoms with van der Waals surface area (Å²) in [7, 11) is 0. The molecule has 0 radical (unpaired) electrons. The van der Waals surface area contributed by atoms with Crippen molar-refractivity contribution in [3.05, 3.63) is 35.9 Å². The van der Waals surface area contributed by atoms with E-state index in [1.165, 1.54) is 6.07 Å². The van der Waals surface area contributed by atoms with Crippen LogP contribution in [0.3, 0.4) is 0 Å². The van der Waals surface area contributed by atoms with Crippen molar-refractivity contribution in [1.82, 2.24) is 9.61 Å². The van der Waals surface area contributed by atoms with Gasteiger partial charge in [0.2, 0.25) is 0 Å². The molecule has 11 heavy (non-hydrogen) atoms. The van der Waals surface area contributed by atoms with E-state index in [1.54, 1.807) is 29.9 Å². The Morgan fingerprint density at radius 2 is 2.27 bits per heavy atom. The third-order valence-corrected chi connectivity index (χ3v) is 1.77. The molecule has 2 aromatic heterocycles. The molecule has 0 fully saturated rings. The second kappa shape index (κ2) is 2.05. The van der Waals surface area contributed by atoms with Gasteiger partial charge in [0.15, 0.2) is 0 Å². The minimum Gasteiger partial charge on any atom is -0.241 e. The molecular formula is C8H7FN2. The van der Waals surface area contributed by atoms with Crippen LogP contribution in [0.5, 0.6) is 0 Å². The molecule has 3 heteroatoms. The van der Waals surface area contributed by atoms with Crippen molar-refractivity contribution in [3.8, 4) is 0 Å². The van der Waals surface area contributed by atoms with Gasteiger partial charge in [-0.2, -0.15) is 5.10 Å². The lowest BCUT2D eigenvalue weighted by molar-refractivity contribution is 0.616. The Hall–Kier alpha value is -1.38. The zero-order chi connectivity index (χ0) is 7.84. The Labute approximate surface area is 63.3 Å². The van der Waals surface area contributed by atoms with Gasteiger partial charge in [-0.05, 0) is 19.1 Å². The molecule has 2 aromatic rings. The molecule has 0 saturated heterocycles. The lowest BCUT2D eigenvalue weighted by Crippen LogP contribution is -1.91. The summed E-state index contributed by atoms with van der Waals surface area (Å²) >= 11 is 0. The average molecular weight is 150 g/mol. The van der Waals surface area contributed by atoms with Crippen molar-refractivity contribution >= 4 is 5.52 Å². The fourth-order valence-electron chi connectivity index (χ4n) is 1.11. The first-order valence-electron chi connectivity index (χ1n) is 3.37. The Morgan fingerprint density at radius 1 is 1.45 bits per heavy atom. The van der Waals surface area contributed by atoms with Crippen molar-refractivity contribution in [2.24, 2.45) is 0 Å². The second-order valence-corrected chi connectivity index (χ2v) is 2.45. The maximum atomic E-state index is 12.9. The van der Waals surface area contributed by atoms with Gasteiger partial charge in [0, 0.05) is 18.0 Å². The normalized spacial score (nSPS) is 10.7. The fraction of sp³-hybridized carbons (Fsp3) is 0.125. The molecule has 0 atom stereocenters. The lowest BCUT2D eigenvalue weighted by atomic mass is 10.2. The van der Waals surface area contributed by atoms with Crippen LogP contribution in [0, 0.1) is 12.7 Å². The minimum absolute atomic E-state index is 0.182. The van der Waals surface area contributed by atoms with Crippen LogP contribution in [0.1, 0.15) is 5.56 Å². The summed E-state index contributed by atoms with van der Waals surface area (Å²) in [5, 5.41) is 3.97. The molecule has 56 valence electrons. The zero-order valence-corrected chi connectivity index (χ0v) is 6.08. The van der Waals surface area contributed by atoms with Crippen LogP contribution in [-0.4, -0.2) is 9.61 Å². The quantitative estimate of drug-likeness (QED) is 0.559. The highest BCUT2D eigenvalue weighted by atomic mass is 19.1.